The molecular formula is C14H17N5OS2. The highest BCUT2D eigenvalue weighted by molar-refractivity contribution is 8.16. The van der Waals surface area contributed by atoms with Crippen LogP contribution in [0.2, 0.25) is 0 Å². The van der Waals surface area contributed by atoms with E-state index in [-0.39, 0.29) is 0 Å². The first-order valence-corrected chi connectivity index (χ1v) is 8.86. The highest BCUT2D eigenvalue weighted by Crippen LogP contribution is 2.30. The number of benzene rings is 1. The summed E-state index contributed by atoms with van der Waals surface area (Å²) in [7, 11) is 0. The van der Waals surface area contributed by atoms with Crippen molar-refractivity contribution in [2.45, 2.75) is 17.3 Å². The van der Waals surface area contributed by atoms with Crippen LogP contribution in [0.15, 0.2) is 34.4 Å². The molecule has 0 saturated carbocycles. The van der Waals surface area contributed by atoms with Crippen molar-refractivity contribution < 1.29 is 4.74 Å². The number of nitrogen functional groups attached to an aromatic ring is 1. The van der Waals surface area contributed by atoms with Gasteiger partial charge in [0, 0.05) is 16.6 Å². The summed E-state index contributed by atoms with van der Waals surface area (Å²) in [5.41, 5.74) is 6.66. The number of hydrogen-bond donors (Lipinski definition) is 2. The number of nitrogens with one attached hydrogen (secondary N) is 1. The summed E-state index contributed by atoms with van der Waals surface area (Å²) in [5.74, 6) is 2.16. The lowest BCUT2D eigenvalue weighted by Gasteiger charge is -2.07. The SMILES string of the molecule is CCOc1ccc(C2=NCC(CSc3n[nH]c(N)n3)S2)cc1. The maximum Gasteiger partial charge on any atom is 0.216 e. The molecule has 1 aliphatic heterocycles. The van der Waals surface area contributed by atoms with Crippen LogP contribution < -0.4 is 10.5 Å². The summed E-state index contributed by atoms with van der Waals surface area (Å²) in [4.78, 5) is 8.72. The molecule has 3 rings (SSSR count). The van der Waals surface area contributed by atoms with E-state index >= 15 is 0 Å². The summed E-state index contributed by atoms with van der Waals surface area (Å²) in [6, 6.07) is 8.09. The fourth-order valence-corrected chi connectivity index (χ4v) is 4.09. The van der Waals surface area contributed by atoms with Crippen molar-refractivity contribution in [3.63, 3.8) is 0 Å². The lowest BCUT2D eigenvalue weighted by Crippen LogP contribution is -2.07. The molecule has 0 fully saturated rings. The molecule has 0 amide bonds. The fraction of sp³-hybridized carbons (Fsp3) is 0.357. The van der Waals surface area contributed by atoms with Gasteiger partial charge in [0.05, 0.1) is 18.2 Å². The zero-order valence-corrected chi connectivity index (χ0v) is 13.8. The lowest BCUT2D eigenvalue weighted by atomic mass is 10.2. The third kappa shape index (κ3) is 3.75. The molecule has 1 aliphatic rings. The summed E-state index contributed by atoms with van der Waals surface area (Å²) in [6.07, 6.45) is 0. The third-order valence-corrected chi connectivity index (χ3v) is 5.47. The molecular weight excluding hydrogens is 318 g/mol. The van der Waals surface area contributed by atoms with Crippen LogP contribution in [0.3, 0.4) is 0 Å². The number of aromatic nitrogens is 3. The van der Waals surface area contributed by atoms with Gasteiger partial charge >= 0.3 is 0 Å². The summed E-state index contributed by atoms with van der Waals surface area (Å²) >= 11 is 3.40. The van der Waals surface area contributed by atoms with Gasteiger partial charge < -0.3 is 10.5 Å². The number of thioether (sulfide) groups is 2. The van der Waals surface area contributed by atoms with E-state index in [2.05, 4.69) is 32.3 Å². The Morgan fingerprint density at radius 2 is 2.23 bits per heavy atom. The van der Waals surface area contributed by atoms with Crippen molar-refractivity contribution in [1.82, 2.24) is 15.2 Å². The molecule has 1 aromatic heterocycles. The van der Waals surface area contributed by atoms with E-state index in [4.69, 9.17) is 10.5 Å². The van der Waals surface area contributed by atoms with Crippen LogP contribution in [0.25, 0.3) is 0 Å². The number of rotatable bonds is 6. The largest absolute Gasteiger partial charge is 0.494 e. The Hall–Kier alpha value is -1.67. The predicted molar refractivity (Wildman–Crippen MR) is 91.9 cm³/mol. The average Bonchev–Trinajstić information content (AvgIpc) is 3.15. The Bertz CT molecular complexity index is 656. The van der Waals surface area contributed by atoms with Crippen molar-refractivity contribution in [3.05, 3.63) is 29.8 Å². The highest BCUT2D eigenvalue weighted by Gasteiger charge is 2.21. The molecule has 2 heterocycles. The summed E-state index contributed by atoms with van der Waals surface area (Å²) in [6.45, 7) is 3.48. The van der Waals surface area contributed by atoms with Gasteiger partial charge in [-0.05, 0) is 31.2 Å². The predicted octanol–water partition coefficient (Wildman–Crippen LogP) is 2.44. The smallest absolute Gasteiger partial charge is 0.216 e. The average molecular weight is 335 g/mol. The van der Waals surface area contributed by atoms with Gasteiger partial charge in [-0.1, -0.05) is 11.8 Å². The van der Waals surface area contributed by atoms with Crippen molar-refractivity contribution in [1.29, 1.82) is 0 Å². The first-order valence-electron chi connectivity index (χ1n) is 6.99. The van der Waals surface area contributed by atoms with E-state index in [0.29, 0.717) is 23.0 Å². The van der Waals surface area contributed by atoms with Gasteiger partial charge in [0.25, 0.3) is 0 Å². The lowest BCUT2D eigenvalue weighted by molar-refractivity contribution is 0.340. The first kappa shape index (κ1) is 15.2. The standard InChI is InChI=1S/C14H17N5OS2/c1-2-20-10-5-3-9(4-6-10)12-16-7-11(22-12)8-21-14-17-13(15)18-19-14/h3-6,11H,2,7-8H2,1H3,(H3,15,17,18,19). The van der Waals surface area contributed by atoms with Gasteiger partial charge in [-0.15, -0.1) is 16.9 Å². The number of anilines is 1. The first-order chi connectivity index (χ1) is 10.7. The molecule has 2 aromatic rings. The van der Waals surface area contributed by atoms with Gasteiger partial charge in [-0.25, -0.2) is 5.10 Å². The van der Waals surface area contributed by atoms with E-state index in [1.54, 1.807) is 23.5 Å². The summed E-state index contributed by atoms with van der Waals surface area (Å²) < 4.78 is 5.46. The molecule has 0 aliphatic carbocycles. The molecule has 1 atom stereocenters. The molecule has 1 aromatic carbocycles. The van der Waals surface area contributed by atoms with E-state index in [1.807, 2.05) is 19.1 Å². The molecule has 0 spiro atoms. The normalized spacial score (nSPS) is 17.5. The minimum Gasteiger partial charge on any atom is -0.494 e. The second kappa shape index (κ2) is 7.06. The zero-order chi connectivity index (χ0) is 15.4. The van der Waals surface area contributed by atoms with Crippen LogP contribution in [0.4, 0.5) is 5.95 Å². The van der Waals surface area contributed by atoms with E-state index in [0.717, 1.165) is 28.7 Å². The second-order valence-corrected chi connectivity index (χ2v) is 6.93. The molecule has 116 valence electrons. The molecule has 0 radical (unpaired) electrons. The Balaban J connectivity index is 1.52. The van der Waals surface area contributed by atoms with Gasteiger partial charge in [0.15, 0.2) is 0 Å². The third-order valence-electron chi connectivity index (χ3n) is 3.01. The van der Waals surface area contributed by atoms with Crippen molar-refractivity contribution in [2.24, 2.45) is 4.99 Å². The van der Waals surface area contributed by atoms with Gasteiger partial charge in [-0.3, -0.25) is 4.99 Å². The second-order valence-electron chi connectivity index (χ2n) is 4.66. The highest BCUT2D eigenvalue weighted by atomic mass is 32.2. The number of aromatic amines is 1. The maximum atomic E-state index is 5.51. The number of aliphatic imine (C=N–C) groups is 1. The maximum absolute atomic E-state index is 5.51. The quantitative estimate of drug-likeness (QED) is 0.788. The van der Waals surface area contributed by atoms with Crippen molar-refractivity contribution in [3.8, 4) is 5.75 Å². The van der Waals surface area contributed by atoms with Gasteiger partial charge in [0.1, 0.15) is 5.75 Å². The van der Waals surface area contributed by atoms with E-state index in [1.165, 1.54) is 0 Å². The monoisotopic (exact) mass is 335 g/mol. The Morgan fingerprint density at radius 1 is 1.41 bits per heavy atom. The van der Waals surface area contributed by atoms with Crippen LogP contribution in [-0.4, -0.2) is 44.4 Å². The molecule has 0 bridgehead atoms. The number of nitrogens with zero attached hydrogens (tertiary/aromatic N) is 3. The van der Waals surface area contributed by atoms with E-state index < -0.39 is 0 Å². The molecule has 3 N–H and O–H groups in total. The molecule has 1 unspecified atom stereocenters. The van der Waals surface area contributed by atoms with Crippen LogP contribution in [0.1, 0.15) is 12.5 Å². The van der Waals surface area contributed by atoms with Gasteiger partial charge in [-0.2, -0.15) is 4.98 Å². The Kier molecular flexibility index (Phi) is 4.89. The van der Waals surface area contributed by atoms with Gasteiger partial charge in [0.2, 0.25) is 11.1 Å². The molecule has 0 saturated heterocycles. The topological polar surface area (TPSA) is 89.2 Å². The Morgan fingerprint density at radius 3 is 2.91 bits per heavy atom. The fourth-order valence-electron chi connectivity index (χ4n) is 2.01. The molecule has 6 nitrogen and oxygen atoms in total. The van der Waals surface area contributed by atoms with Crippen LogP contribution in [0.5, 0.6) is 5.75 Å². The minimum atomic E-state index is 0.355. The Labute approximate surface area is 137 Å². The van der Waals surface area contributed by atoms with Crippen LogP contribution in [0, 0.1) is 0 Å². The van der Waals surface area contributed by atoms with Crippen LogP contribution >= 0.6 is 23.5 Å². The number of hydrogen-bond acceptors (Lipinski definition) is 7. The van der Waals surface area contributed by atoms with Crippen molar-refractivity contribution >= 4 is 34.5 Å². The number of nitrogens with two attached hydrogens (primary N) is 1. The molecule has 22 heavy (non-hydrogen) atoms. The minimum absolute atomic E-state index is 0.355. The van der Waals surface area contributed by atoms with Crippen molar-refractivity contribution in [2.75, 3.05) is 24.6 Å². The molecule has 8 heteroatoms. The van der Waals surface area contributed by atoms with E-state index in [9.17, 15) is 0 Å². The number of H-pyrrole nitrogens is 1. The summed E-state index contributed by atoms with van der Waals surface area (Å²) in [5, 5.41) is 8.88. The van der Waals surface area contributed by atoms with Crippen LogP contribution in [-0.2, 0) is 0 Å². The number of ether oxygens (including phenoxy) is 1. The zero-order valence-electron chi connectivity index (χ0n) is 12.2.